The molecule has 1 aromatic rings. The van der Waals surface area contributed by atoms with Crippen molar-refractivity contribution in [3.05, 3.63) is 35.9 Å². The zero-order valence-electron chi connectivity index (χ0n) is 12.0. The highest BCUT2D eigenvalue weighted by molar-refractivity contribution is 7.91. The second-order valence-corrected chi connectivity index (χ2v) is 7.38. The predicted molar refractivity (Wildman–Crippen MR) is 77.6 cm³/mol. The van der Waals surface area contributed by atoms with Crippen LogP contribution < -0.4 is 0 Å². The summed E-state index contributed by atoms with van der Waals surface area (Å²) in [4.78, 5) is 24.6. The molecular formula is C15H18O5S. The lowest BCUT2D eigenvalue weighted by atomic mass is 9.72. The molecule has 6 heteroatoms. The van der Waals surface area contributed by atoms with E-state index < -0.39 is 38.7 Å². The smallest absolute Gasteiger partial charge is 0.321 e. The summed E-state index contributed by atoms with van der Waals surface area (Å²) in [7, 11) is -3.48. The average Bonchev–Trinajstić information content (AvgIpc) is 2.73. The predicted octanol–water partition coefficient (Wildman–Crippen LogP) is 1.34. The Labute approximate surface area is 124 Å². The molecule has 1 saturated heterocycles. The van der Waals surface area contributed by atoms with E-state index in [0.717, 1.165) is 0 Å². The van der Waals surface area contributed by atoms with Crippen LogP contribution in [0.15, 0.2) is 30.3 Å². The summed E-state index contributed by atoms with van der Waals surface area (Å²) < 4.78 is 29.2. The third kappa shape index (κ3) is 2.72. The summed E-state index contributed by atoms with van der Waals surface area (Å²) in [5.41, 5.74) is -0.960. The van der Waals surface area contributed by atoms with E-state index in [1.807, 2.05) is 0 Å². The van der Waals surface area contributed by atoms with Crippen LogP contribution in [0.25, 0.3) is 0 Å². The van der Waals surface area contributed by atoms with Crippen molar-refractivity contribution < 1.29 is 22.7 Å². The van der Waals surface area contributed by atoms with Gasteiger partial charge in [-0.15, -0.1) is 0 Å². The Morgan fingerprint density at radius 1 is 1.29 bits per heavy atom. The summed E-state index contributed by atoms with van der Waals surface area (Å²) in [5, 5.41) is 0. The number of benzene rings is 1. The van der Waals surface area contributed by atoms with Gasteiger partial charge in [0.15, 0.2) is 9.84 Å². The van der Waals surface area contributed by atoms with Crippen LogP contribution in [0.1, 0.15) is 25.3 Å². The lowest BCUT2D eigenvalue weighted by Gasteiger charge is -2.29. The van der Waals surface area contributed by atoms with Gasteiger partial charge in [-0.2, -0.15) is 0 Å². The fourth-order valence-electron chi connectivity index (χ4n) is 2.92. The van der Waals surface area contributed by atoms with Crippen LogP contribution in [-0.2, 0) is 24.2 Å². The van der Waals surface area contributed by atoms with E-state index in [-0.39, 0.29) is 12.4 Å². The maximum atomic E-state index is 12.4. The molecule has 0 spiro atoms. The highest BCUT2D eigenvalue weighted by Crippen LogP contribution is 2.46. The molecule has 0 amide bonds. The molecule has 0 aromatic heterocycles. The number of rotatable bonds is 4. The summed E-state index contributed by atoms with van der Waals surface area (Å²) in [6.07, 6.45) is 0. The molecule has 2 atom stereocenters. The number of hydrogen-bond acceptors (Lipinski definition) is 5. The van der Waals surface area contributed by atoms with Gasteiger partial charge in [-0.1, -0.05) is 30.3 Å². The fraction of sp³-hybridized carbons (Fsp3) is 0.467. The zero-order valence-corrected chi connectivity index (χ0v) is 12.9. The van der Waals surface area contributed by atoms with Crippen LogP contribution in [0.2, 0.25) is 0 Å². The largest absolute Gasteiger partial charge is 0.465 e. The van der Waals surface area contributed by atoms with E-state index in [4.69, 9.17) is 4.74 Å². The fourth-order valence-corrected chi connectivity index (χ4v) is 5.24. The van der Waals surface area contributed by atoms with Crippen LogP contribution in [0.3, 0.4) is 0 Å². The van der Waals surface area contributed by atoms with E-state index in [1.165, 1.54) is 6.92 Å². The Kier molecular flexibility index (Phi) is 4.18. The minimum atomic E-state index is -3.48. The molecule has 5 nitrogen and oxygen atoms in total. The van der Waals surface area contributed by atoms with E-state index in [9.17, 15) is 18.0 Å². The topological polar surface area (TPSA) is 77.5 Å². The number of esters is 1. The van der Waals surface area contributed by atoms with Crippen LogP contribution >= 0.6 is 0 Å². The summed E-state index contributed by atoms with van der Waals surface area (Å²) >= 11 is 0. The summed E-state index contributed by atoms with van der Waals surface area (Å²) in [6.45, 7) is 3.00. The lowest BCUT2D eigenvalue weighted by Crippen LogP contribution is -2.44. The number of carbonyl (C=O) groups is 2. The van der Waals surface area contributed by atoms with Crippen molar-refractivity contribution in [2.24, 2.45) is 5.41 Å². The number of ketones is 1. The molecule has 0 radical (unpaired) electrons. The molecule has 1 aliphatic rings. The normalized spacial score (nSPS) is 27.2. The van der Waals surface area contributed by atoms with Gasteiger partial charge in [0.05, 0.1) is 18.1 Å². The van der Waals surface area contributed by atoms with Gasteiger partial charge in [0.1, 0.15) is 11.2 Å². The Morgan fingerprint density at radius 3 is 2.43 bits per heavy atom. The number of carbonyl (C=O) groups excluding carboxylic acids is 2. The molecule has 0 bridgehead atoms. The lowest BCUT2D eigenvalue weighted by molar-refractivity contribution is -0.159. The number of ether oxygens (including phenoxy) is 1. The third-order valence-electron chi connectivity index (χ3n) is 3.93. The zero-order chi connectivity index (χ0) is 15.7. The molecule has 0 N–H and O–H groups in total. The van der Waals surface area contributed by atoms with Crippen molar-refractivity contribution >= 4 is 21.6 Å². The first-order chi connectivity index (χ1) is 9.83. The van der Waals surface area contributed by atoms with Crippen molar-refractivity contribution in [1.82, 2.24) is 0 Å². The average molecular weight is 310 g/mol. The first kappa shape index (κ1) is 15.7. The van der Waals surface area contributed by atoms with Gasteiger partial charge in [-0.3, -0.25) is 9.59 Å². The molecule has 2 rings (SSSR count). The van der Waals surface area contributed by atoms with Crippen molar-refractivity contribution in [1.29, 1.82) is 0 Å². The molecule has 114 valence electrons. The van der Waals surface area contributed by atoms with Crippen molar-refractivity contribution in [3.63, 3.8) is 0 Å². The number of sulfone groups is 1. The molecule has 1 aromatic carbocycles. The van der Waals surface area contributed by atoms with Crippen molar-refractivity contribution in [2.45, 2.75) is 19.8 Å². The first-order valence-electron chi connectivity index (χ1n) is 6.77. The quantitative estimate of drug-likeness (QED) is 0.619. The molecule has 21 heavy (non-hydrogen) atoms. The Morgan fingerprint density at radius 2 is 1.90 bits per heavy atom. The Hall–Kier alpha value is -1.69. The van der Waals surface area contributed by atoms with Crippen molar-refractivity contribution in [3.8, 4) is 0 Å². The SMILES string of the molecule is CCOC(=O)C1(C(C)=O)CS(=O)(=O)CC1c1ccccc1. The Bertz CT molecular complexity index is 650. The van der Waals surface area contributed by atoms with E-state index >= 15 is 0 Å². The van der Waals surface area contributed by atoms with E-state index in [1.54, 1.807) is 37.3 Å². The first-order valence-corrected chi connectivity index (χ1v) is 8.59. The molecule has 1 fully saturated rings. The summed E-state index contributed by atoms with van der Waals surface area (Å²) in [6, 6.07) is 8.80. The summed E-state index contributed by atoms with van der Waals surface area (Å²) in [5.74, 6) is -2.59. The van der Waals surface area contributed by atoms with Gasteiger partial charge in [0, 0.05) is 5.92 Å². The van der Waals surface area contributed by atoms with Gasteiger partial charge >= 0.3 is 5.97 Å². The van der Waals surface area contributed by atoms with Crippen LogP contribution in [0.5, 0.6) is 0 Å². The maximum absolute atomic E-state index is 12.4. The van der Waals surface area contributed by atoms with Crippen LogP contribution in [-0.4, -0.2) is 38.3 Å². The second kappa shape index (κ2) is 5.60. The molecule has 1 aliphatic heterocycles. The minimum absolute atomic E-state index is 0.107. The minimum Gasteiger partial charge on any atom is -0.465 e. The van der Waals surface area contributed by atoms with E-state index in [2.05, 4.69) is 0 Å². The highest BCUT2D eigenvalue weighted by Gasteiger charge is 2.60. The van der Waals surface area contributed by atoms with Crippen LogP contribution in [0, 0.1) is 5.41 Å². The van der Waals surface area contributed by atoms with Crippen molar-refractivity contribution in [2.75, 3.05) is 18.1 Å². The third-order valence-corrected chi connectivity index (χ3v) is 5.67. The second-order valence-electron chi connectivity index (χ2n) is 5.27. The molecule has 2 unspecified atom stereocenters. The Balaban J connectivity index is 2.59. The van der Waals surface area contributed by atoms with Crippen LogP contribution in [0.4, 0.5) is 0 Å². The van der Waals surface area contributed by atoms with Gasteiger partial charge in [-0.05, 0) is 19.4 Å². The van der Waals surface area contributed by atoms with Gasteiger partial charge in [-0.25, -0.2) is 8.42 Å². The van der Waals surface area contributed by atoms with Gasteiger partial charge < -0.3 is 4.74 Å². The highest BCUT2D eigenvalue weighted by atomic mass is 32.2. The molecule has 0 aliphatic carbocycles. The maximum Gasteiger partial charge on any atom is 0.321 e. The number of hydrogen-bond donors (Lipinski definition) is 0. The molecule has 1 heterocycles. The van der Waals surface area contributed by atoms with Gasteiger partial charge in [0.25, 0.3) is 0 Å². The number of Topliss-reactive ketones (excluding diaryl/α,β-unsaturated/α-hetero) is 1. The monoisotopic (exact) mass is 310 g/mol. The standard InChI is InChI=1S/C15H18O5S/c1-3-20-14(17)15(11(2)16)10-21(18,19)9-13(15)12-7-5-4-6-8-12/h4-8,13H,3,9-10H2,1-2H3. The van der Waals surface area contributed by atoms with Gasteiger partial charge in [0.2, 0.25) is 0 Å². The van der Waals surface area contributed by atoms with E-state index in [0.29, 0.717) is 5.56 Å². The molecular weight excluding hydrogens is 292 g/mol. The molecule has 0 saturated carbocycles.